The normalized spacial score (nSPS) is 27.2. The topological polar surface area (TPSA) is 0 Å². The van der Waals surface area contributed by atoms with E-state index in [-0.39, 0.29) is 17.9 Å². The van der Waals surface area contributed by atoms with Crippen molar-refractivity contribution in [1.29, 1.82) is 0 Å². The number of alkyl halides is 2. The first-order chi connectivity index (χ1) is 8.33. The minimum atomic E-state index is -2.64. The number of halogens is 4. The smallest absolute Gasteiger partial charge is 0.207 e. The molecule has 4 heteroatoms. The van der Waals surface area contributed by atoms with Crippen molar-refractivity contribution in [3.63, 3.8) is 0 Å². The van der Waals surface area contributed by atoms with Gasteiger partial charge in [0.25, 0.3) is 5.92 Å². The van der Waals surface area contributed by atoms with Crippen LogP contribution < -0.4 is 0 Å². The molecule has 0 N–H and O–H groups in total. The van der Waals surface area contributed by atoms with Crippen LogP contribution in [-0.4, -0.2) is 5.92 Å². The zero-order chi connectivity index (χ0) is 13.5. The number of rotatable bonds is 1. The van der Waals surface area contributed by atoms with Crippen LogP contribution in [0.1, 0.15) is 43.2 Å². The molecule has 18 heavy (non-hydrogen) atoms. The van der Waals surface area contributed by atoms with Crippen LogP contribution in [0.25, 0.3) is 0 Å². The highest BCUT2D eigenvalue weighted by Gasteiger charge is 2.42. The van der Waals surface area contributed by atoms with Crippen LogP contribution in [-0.2, 0) is 0 Å². The van der Waals surface area contributed by atoms with Crippen molar-refractivity contribution in [2.45, 2.75) is 45.0 Å². The van der Waals surface area contributed by atoms with Gasteiger partial charge in [-0.25, -0.2) is 17.6 Å². The summed E-state index contributed by atoms with van der Waals surface area (Å²) in [7, 11) is 0. The summed E-state index contributed by atoms with van der Waals surface area (Å²) < 4.78 is 53.3. The molecule has 1 fully saturated rings. The fourth-order valence-electron chi connectivity index (χ4n) is 2.72. The van der Waals surface area contributed by atoms with Crippen molar-refractivity contribution in [2.75, 3.05) is 0 Å². The van der Waals surface area contributed by atoms with E-state index in [2.05, 4.69) is 0 Å². The van der Waals surface area contributed by atoms with Gasteiger partial charge in [-0.15, -0.1) is 0 Å². The third-order valence-electron chi connectivity index (χ3n) is 4.01. The van der Waals surface area contributed by atoms with Crippen LogP contribution >= 0.6 is 0 Å². The van der Waals surface area contributed by atoms with E-state index in [1.54, 1.807) is 0 Å². The van der Waals surface area contributed by atoms with E-state index in [1.165, 1.54) is 19.9 Å². The maximum atomic E-state index is 13.5. The molecule has 1 saturated carbocycles. The molecule has 1 aromatic carbocycles. The van der Waals surface area contributed by atoms with E-state index < -0.39 is 23.5 Å². The first kappa shape index (κ1) is 13.4. The lowest BCUT2D eigenvalue weighted by atomic mass is 9.75. The molecule has 0 heterocycles. The summed E-state index contributed by atoms with van der Waals surface area (Å²) in [5.41, 5.74) is 0.911. The minimum Gasteiger partial charge on any atom is -0.207 e. The second-order valence-electron chi connectivity index (χ2n) is 5.21. The first-order valence-corrected chi connectivity index (χ1v) is 6.15. The quantitative estimate of drug-likeness (QED) is 0.635. The molecule has 1 aliphatic rings. The van der Waals surface area contributed by atoms with Gasteiger partial charge in [0, 0.05) is 12.3 Å². The Labute approximate surface area is 104 Å². The van der Waals surface area contributed by atoms with Gasteiger partial charge < -0.3 is 0 Å². The van der Waals surface area contributed by atoms with E-state index >= 15 is 0 Å². The molecule has 1 aliphatic carbocycles. The van der Waals surface area contributed by atoms with Crippen LogP contribution in [0.4, 0.5) is 17.6 Å². The van der Waals surface area contributed by atoms with Crippen molar-refractivity contribution in [1.82, 2.24) is 0 Å². The molecule has 2 atom stereocenters. The lowest BCUT2D eigenvalue weighted by Crippen LogP contribution is -2.32. The molecule has 1 aromatic rings. The summed E-state index contributed by atoms with van der Waals surface area (Å²) in [5, 5.41) is 0. The molecule has 100 valence electrons. The Balaban J connectivity index is 2.27. The Morgan fingerprint density at radius 3 is 2.50 bits per heavy atom. The van der Waals surface area contributed by atoms with E-state index in [9.17, 15) is 17.6 Å². The molecular weight excluding hydrogens is 244 g/mol. The van der Waals surface area contributed by atoms with E-state index in [1.807, 2.05) is 0 Å². The van der Waals surface area contributed by atoms with Gasteiger partial charge >= 0.3 is 0 Å². The summed E-state index contributed by atoms with van der Waals surface area (Å²) in [4.78, 5) is 0. The van der Waals surface area contributed by atoms with Crippen molar-refractivity contribution in [3.05, 3.63) is 34.9 Å². The lowest BCUT2D eigenvalue weighted by molar-refractivity contribution is -0.0831. The van der Waals surface area contributed by atoms with Crippen molar-refractivity contribution in [3.8, 4) is 0 Å². The zero-order valence-electron chi connectivity index (χ0n) is 10.4. The molecule has 0 spiro atoms. The Morgan fingerprint density at radius 1 is 1.22 bits per heavy atom. The van der Waals surface area contributed by atoms with Gasteiger partial charge in [-0.05, 0) is 42.9 Å². The first-order valence-electron chi connectivity index (χ1n) is 6.15. The van der Waals surface area contributed by atoms with Crippen LogP contribution in [0.5, 0.6) is 0 Å². The van der Waals surface area contributed by atoms with E-state index in [4.69, 9.17) is 0 Å². The highest BCUT2D eigenvalue weighted by atomic mass is 19.3. The standard InChI is InChI=1S/C14H16F4/c1-8-7-10(5-6-14(8,17)18)11-3-4-12(15)13(16)9(11)2/h3-4,8,10H,5-7H2,1-2H3/t8-,10?/m1/s1. The predicted molar refractivity (Wildman–Crippen MR) is 61.8 cm³/mol. The van der Waals surface area contributed by atoms with Crippen LogP contribution in [0, 0.1) is 24.5 Å². The van der Waals surface area contributed by atoms with Gasteiger partial charge in [0.2, 0.25) is 0 Å². The average molecular weight is 260 g/mol. The third-order valence-corrected chi connectivity index (χ3v) is 4.01. The Kier molecular flexibility index (Phi) is 3.39. The lowest BCUT2D eigenvalue weighted by Gasteiger charge is -2.34. The summed E-state index contributed by atoms with van der Waals surface area (Å²) >= 11 is 0. The van der Waals surface area contributed by atoms with Gasteiger partial charge in [0.15, 0.2) is 11.6 Å². The highest BCUT2D eigenvalue weighted by Crippen LogP contribution is 2.45. The third kappa shape index (κ3) is 2.25. The van der Waals surface area contributed by atoms with E-state index in [0.717, 1.165) is 6.07 Å². The molecule has 2 rings (SSSR count). The summed E-state index contributed by atoms with van der Waals surface area (Å²) in [6, 6.07) is 2.60. The van der Waals surface area contributed by atoms with Crippen LogP contribution in [0.2, 0.25) is 0 Å². The zero-order valence-corrected chi connectivity index (χ0v) is 10.4. The molecule has 0 aliphatic heterocycles. The Hall–Kier alpha value is -1.06. The molecule has 1 unspecified atom stereocenters. The maximum Gasteiger partial charge on any atom is 0.250 e. The molecule has 0 radical (unpaired) electrons. The Morgan fingerprint density at radius 2 is 1.89 bits per heavy atom. The van der Waals surface area contributed by atoms with Gasteiger partial charge in [0.1, 0.15) is 0 Å². The largest absolute Gasteiger partial charge is 0.250 e. The summed E-state index contributed by atoms with van der Waals surface area (Å²) in [5.74, 6) is -5.20. The monoisotopic (exact) mass is 260 g/mol. The van der Waals surface area contributed by atoms with Gasteiger partial charge in [0.05, 0.1) is 0 Å². The molecule has 0 amide bonds. The van der Waals surface area contributed by atoms with Crippen molar-refractivity contribution >= 4 is 0 Å². The molecular formula is C14H16F4. The Bertz CT molecular complexity index is 453. The SMILES string of the molecule is Cc1c(C2CCC(F)(F)[C@H](C)C2)ccc(F)c1F. The maximum absolute atomic E-state index is 13.5. The second kappa shape index (κ2) is 4.56. The number of benzene rings is 1. The van der Waals surface area contributed by atoms with Crippen LogP contribution in [0.15, 0.2) is 12.1 Å². The fraction of sp³-hybridized carbons (Fsp3) is 0.571. The van der Waals surface area contributed by atoms with E-state index in [0.29, 0.717) is 18.4 Å². The van der Waals surface area contributed by atoms with Crippen LogP contribution in [0.3, 0.4) is 0 Å². The predicted octanol–water partition coefficient (Wildman–Crippen LogP) is 4.81. The number of hydrogen-bond acceptors (Lipinski definition) is 0. The van der Waals surface area contributed by atoms with Gasteiger partial charge in [-0.1, -0.05) is 13.0 Å². The second-order valence-corrected chi connectivity index (χ2v) is 5.21. The molecule has 0 saturated heterocycles. The molecule has 0 bridgehead atoms. The van der Waals surface area contributed by atoms with Crippen molar-refractivity contribution in [2.24, 2.45) is 5.92 Å². The van der Waals surface area contributed by atoms with Gasteiger partial charge in [-0.2, -0.15) is 0 Å². The van der Waals surface area contributed by atoms with Crippen molar-refractivity contribution < 1.29 is 17.6 Å². The molecule has 0 aromatic heterocycles. The van der Waals surface area contributed by atoms with Gasteiger partial charge in [-0.3, -0.25) is 0 Å². The highest BCUT2D eigenvalue weighted by molar-refractivity contribution is 5.32. The molecule has 0 nitrogen and oxygen atoms in total. The minimum absolute atomic E-state index is 0.102. The summed E-state index contributed by atoms with van der Waals surface area (Å²) in [6.07, 6.45) is 0.458. The number of hydrogen-bond donors (Lipinski definition) is 0. The summed E-state index contributed by atoms with van der Waals surface area (Å²) in [6.45, 7) is 3.02. The average Bonchev–Trinajstić information content (AvgIpc) is 2.30. The fourth-order valence-corrected chi connectivity index (χ4v) is 2.72.